The fourth-order valence-electron chi connectivity index (χ4n) is 2.41. The Balaban J connectivity index is 2.24. The van der Waals surface area contributed by atoms with E-state index < -0.39 is 0 Å². The first-order valence-corrected chi connectivity index (χ1v) is 7.30. The smallest absolute Gasteiger partial charge is 0.152 e. The van der Waals surface area contributed by atoms with Crippen LogP contribution in [0.2, 0.25) is 5.02 Å². The fourth-order valence-corrected chi connectivity index (χ4v) is 2.67. The van der Waals surface area contributed by atoms with Gasteiger partial charge in [-0.05, 0) is 37.3 Å². The van der Waals surface area contributed by atoms with Crippen LogP contribution in [0, 0.1) is 6.92 Å². The number of rotatable bonds is 3. The third-order valence-electron chi connectivity index (χ3n) is 3.53. The quantitative estimate of drug-likeness (QED) is 0.711. The first-order chi connectivity index (χ1) is 10.5. The van der Waals surface area contributed by atoms with Crippen LogP contribution in [0.5, 0.6) is 5.75 Å². The number of benzene rings is 1. The normalized spacial score (nSPS) is 11.0. The molecule has 0 N–H and O–H groups in total. The molecule has 0 radical (unpaired) electrons. The number of pyridine rings is 1. The maximum Gasteiger partial charge on any atom is 0.152 e. The topological polar surface area (TPSA) is 38.5 Å². The fraction of sp³-hybridized carbons (Fsp3) is 0.235. The summed E-state index contributed by atoms with van der Waals surface area (Å²) in [7, 11) is 5.57. The number of ether oxygens (including phenoxy) is 1. The van der Waals surface area contributed by atoms with Crippen molar-refractivity contribution in [3.8, 4) is 17.2 Å². The van der Waals surface area contributed by atoms with Gasteiger partial charge < -0.3 is 14.1 Å². The van der Waals surface area contributed by atoms with Crippen molar-refractivity contribution in [2.45, 2.75) is 6.92 Å². The Morgan fingerprint density at radius 3 is 2.55 bits per heavy atom. The zero-order valence-corrected chi connectivity index (χ0v) is 13.7. The molecule has 0 aliphatic heterocycles. The first kappa shape index (κ1) is 14.7. The van der Waals surface area contributed by atoms with Crippen LogP contribution in [-0.4, -0.2) is 26.2 Å². The van der Waals surface area contributed by atoms with E-state index in [1.165, 1.54) is 0 Å². The number of aryl methyl sites for hydroxylation is 1. The van der Waals surface area contributed by atoms with E-state index in [2.05, 4.69) is 4.98 Å². The highest BCUT2D eigenvalue weighted by Gasteiger charge is 2.13. The summed E-state index contributed by atoms with van der Waals surface area (Å²) in [4.78, 5) is 6.66. The number of halogens is 1. The van der Waals surface area contributed by atoms with Crippen molar-refractivity contribution in [2.75, 3.05) is 26.1 Å². The SMILES string of the molecule is COc1cc2c(Cl)cc(-c3ccc(C)o3)nc2cc1N(C)C. The van der Waals surface area contributed by atoms with Crippen molar-refractivity contribution in [2.24, 2.45) is 0 Å². The molecule has 1 aromatic carbocycles. The zero-order valence-electron chi connectivity index (χ0n) is 13.0. The van der Waals surface area contributed by atoms with Crippen molar-refractivity contribution in [1.29, 1.82) is 0 Å². The summed E-state index contributed by atoms with van der Waals surface area (Å²) in [5.74, 6) is 2.32. The number of anilines is 1. The number of nitrogens with zero attached hydrogens (tertiary/aromatic N) is 2. The molecule has 0 bridgehead atoms. The molecule has 0 atom stereocenters. The van der Waals surface area contributed by atoms with Crippen molar-refractivity contribution in [1.82, 2.24) is 4.98 Å². The zero-order chi connectivity index (χ0) is 15.9. The lowest BCUT2D eigenvalue weighted by Crippen LogP contribution is -2.10. The number of hydrogen-bond acceptors (Lipinski definition) is 4. The largest absolute Gasteiger partial charge is 0.495 e. The monoisotopic (exact) mass is 316 g/mol. The van der Waals surface area contributed by atoms with Crippen LogP contribution in [0.15, 0.2) is 34.7 Å². The molecule has 114 valence electrons. The Morgan fingerprint density at radius 1 is 1.18 bits per heavy atom. The molecule has 0 amide bonds. The standard InChI is InChI=1S/C17H17ClN2O2/c1-10-5-6-16(22-10)14-8-12(18)11-7-17(21-4)15(20(2)3)9-13(11)19-14/h5-9H,1-4H3. The summed E-state index contributed by atoms with van der Waals surface area (Å²) in [5.41, 5.74) is 2.48. The van der Waals surface area contributed by atoms with Crippen molar-refractivity contribution >= 4 is 28.2 Å². The van der Waals surface area contributed by atoms with E-state index >= 15 is 0 Å². The van der Waals surface area contributed by atoms with Gasteiger partial charge in [-0.1, -0.05) is 11.6 Å². The molecule has 0 aliphatic rings. The van der Waals surface area contributed by atoms with Gasteiger partial charge in [-0.2, -0.15) is 0 Å². The van der Waals surface area contributed by atoms with E-state index in [0.29, 0.717) is 10.8 Å². The molecule has 5 heteroatoms. The van der Waals surface area contributed by atoms with Gasteiger partial charge >= 0.3 is 0 Å². The van der Waals surface area contributed by atoms with Crippen LogP contribution in [0.4, 0.5) is 5.69 Å². The molecule has 2 aromatic heterocycles. The van der Waals surface area contributed by atoms with Gasteiger partial charge in [0.25, 0.3) is 0 Å². The number of aromatic nitrogens is 1. The second-order valence-corrected chi connectivity index (χ2v) is 5.74. The van der Waals surface area contributed by atoms with Crippen LogP contribution < -0.4 is 9.64 Å². The summed E-state index contributed by atoms with van der Waals surface area (Å²) < 4.78 is 11.1. The van der Waals surface area contributed by atoms with Gasteiger partial charge in [-0.25, -0.2) is 4.98 Å². The van der Waals surface area contributed by atoms with Crippen molar-refractivity contribution < 1.29 is 9.15 Å². The molecule has 3 aromatic rings. The lowest BCUT2D eigenvalue weighted by Gasteiger charge is -2.17. The van der Waals surface area contributed by atoms with E-state index in [9.17, 15) is 0 Å². The van der Waals surface area contributed by atoms with Gasteiger partial charge in [0.1, 0.15) is 17.2 Å². The maximum absolute atomic E-state index is 6.43. The Kier molecular flexibility index (Phi) is 3.71. The number of fused-ring (bicyclic) bond motifs is 1. The average molecular weight is 317 g/mol. The van der Waals surface area contributed by atoms with Crippen LogP contribution in [0.1, 0.15) is 5.76 Å². The highest BCUT2D eigenvalue weighted by Crippen LogP contribution is 2.36. The van der Waals surface area contributed by atoms with Gasteiger partial charge in [-0.15, -0.1) is 0 Å². The predicted molar refractivity (Wildman–Crippen MR) is 90.1 cm³/mol. The minimum atomic E-state index is 0.623. The molecule has 2 heterocycles. The first-order valence-electron chi connectivity index (χ1n) is 6.92. The van der Waals surface area contributed by atoms with Crippen LogP contribution in [-0.2, 0) is 0 Å². The van der Waals surface area contributed by atoms with Gasteiger partial charge in [-0.3, -0.25) is 0 Å². The van der Waals surface area contributed by atoms with E-state index in [4.69, 9.17) is 20.8 Å². The summed E-state index contributed by atoms with van der Waals surface area (Å²) in [6.07, 6.45) is 0. The maximum atomic E-state index is 6.43. The van der Waals surface area contributed by atoms with E-state index in [-0.39, 0.29) is 0 Å². The summed E-state index contributed by atoms with van der Waals surface area (Å²) in [6, 6.07) is 9.51. The van der Waals surface area contributed by atoms with Crippen LogP contribution in [0.3, 0.4) is 0 Å². The lowest BCUT2D eigenvalue weighted by molar-refractivity contribution is 0.416. The minimum absolute atomic E-state index is 0.623. The van der Waals surface area contributed by atoms with Gasteiger partial charge in [0, 0.05) is 19.5 Å². The Labute approximate surface area is 134 Å². The molecule has 22 heavy (non-hydrogen) atoms. The molecule has 0 saturated heterocycles. The molecule has 3 rings (SSSR count). The van der Waals surface area contributed by atoms with E-state index in [1.807, 2.05) is 56.3 Å². The second-order valence-electron chi connectivity index (χ2n) is 5.34. The molecule has 0 saturated carbocycles. The second kappa shape index (κ2) is 5.54. The third-order valence-corrected chi connectivity index (χ3v) is 3.85. The Hall–Kier alpha value is -2.20. The van der Waals surface area contributed by atoms with Gasteiger partial charge in [0.15, 0.2) is 5.76 Å². The van der Waals surface area contributed by atoms with E-state index in [0.717, 1.165) is 33.8 Å². The number of methoxy groups -OCH3 is 1. The molecular weight excluding hydrogens is 300 g/mol. The highest BCUT2D eigenvalue weighted by atomic mass is 35.5. The molecule has 4 nitrogen and oxygen atoms in total. The Morgan fingerprint density at radius 2 is 1.95 bits per heavy atom. The summed E-state index contributed by atoms with van der Waals surface area (Å²) in [5, 5.41) is 1.48. The van der Waals surface area contributed by atoms with E-state index in [1.54, 1.807) is 7.11 Å². The van der Waals surface area contributed by atoms with Crippen LogP contribution in [0.25, 0.3) is 22.4 Å². The lowest BCUT2D eigenvalue weighted by atomic mass is 10.1. The molecule has 0 unspecified atom stereocenters. The minimum Gasteiger partial charge on any atom is -0.495 e. The third kappa shape index (κ3) is 2.50. The molecule has 0 fully saturated rings. The highest BCUT2D eigenvalue weighted by molar-refractivity contribution is 6.35. The van der Waals surface area contributed by atoms with Crippen molar-refractivity contribution in [3.63, 3.8) is 0 Å². The molecule has 0 aliphatic carbocycles. The van der Waals surface area contributed by atoms with Gasteiger partial charge in [0.05, 0.1) is 23.3 Å². The summed E-state index contributed by atoms with van der Waals surface area (Å²) >= 11 is 6.43. The molecule has 0 spiro atoms. The molecular formula is C17H17ClN2O2. The summed E-state index contributed by atoms with van der Waals surface area (Å²) in [6.45, 7) is 1.90. The van der Waals surface area contributed by atoms with Gasteiger partial charge in [0.2, 0.25) is 0 Å². The number of furan rings is 1. The Bertz CT molecular complexity index is 840. The predicted octanol–water partition coefficient (Wildman–Crippen LogP) is 4.53. The van der Waals surface area contributed by atoms with Crippen molar-refractivity contribution in [3.05, 3.63) is 41.1 Å². The average Bonchev–Trinajstić information content (AvgIpc) is 2.92. The van der Waals surface area contributed by atoms with Crippen LogP contribution >= 0.6 is 11.6 Å². The number of hydrogen-bond donors (Lipinski definition) is 0.